The Morgan fingerprint density at radius 2 is 1.88 bits per heavy atom. The number of halogens is 1. The fourth-order valence-electron chi connectivity index (χ4n) is 3.21. The minimum absolute atomic E-state index is 0.0296. The van der Waals surface area contributed by atoms with Crippen LogP contribution in [0, 0.1) is 5.82 Å². The predicted octanol–water partition coefficient (Wildman–Crippen LogP) is 2.28. The van der Waals surface area contributed by atoms with Gasteiger partial charge < -0.3 is 15.0 Å². The Kier molecular flexibility index (Phi) is 7.88. The van der Waals surface area contributed by atoms with E-state index in [1.54, 1.807) is 12.1 Å². The number of likely N-dealkylation sites (N-methyl/N-ethyl adjacent to an activating group) is 1. The highest BCUT2D eigenvalue weighted by molar-refractivity contribution is 7.98. The summed E-state index contributed by atoms with van der Waals surface area (Å²) in [5.41, 5.74) is 0.601. The number of anilines is 1. The van der Waals surface area contributed by atoms with Gasteiger partial charge in [0.2, 0.25) is 15.9 Å². The number of morpholine rings is 1. The third kappa shape index (κ3) is 5.47. The van der Waals surface area contributed by atoms with Crippen LogP contribution in [0.2, 0.25) is 0 Å². The molecule has 11 heteroatoms. The topological polar surface area (TPSA) is 96.0 Å². The van der Waals surface area contributed by atoms with Gasteiger partial charge in [-0.25, -0.2) is 12.8 Å². The van der Waals surface area contributed by atoms with Gasteiger partial charge >= 0.3 is 0 Å². The normalized spacial score (nSPS) is 14.7. The summed E-state index contributed by atoms with van der Waals surface area (Å²) in [6.45, 7) is 0.396. The molecular formula is C21H24FN3O5S2. The summed E-state index contributed by atoms with van der Waals surface area (Å²) in [5, 5.41) is 2.76. The molecular weight excluding hydrogens is 457 g/mol. The summed E-state index contributed by atoms with van der Waals surface area (Å²) in [7, 11) is -2.70. The number of carbonyl (C=O) groups excluding carboxylic acids is 2. The molecule has 0 spiro atoms. The van der Waals surface area contributed by atoms with E-state index in [2.05, 4.69) is 5.32 Å². The molecule has 1 aliphatic heterocycles. The number of sulfonamides is 1. The summed E-state index contributed by atoms with van der Waals surface area (Å²) < 4.78 is 46.3. The van der Waals surface area contributed by atoms with Gasteiger partial charge in [-0.05, 0) is 36.6 Å². The van der Waals surface area contributed by atoms with Crippen molar-refractivity contribution in [3.05, 3.63) is 53.8 Å². The largest absolute Gasteiger partial charge is 0.379 e. The number of thioether (sulfide) groups is 1. The van der Waals surface area contributed by atoms with Gasteiger partial charge in [-0.15, -0.1) is 11.8 Å². The van der Waals surface area contributed by atoms with Gasteiger partial charge in [0, 0.05) is 30.6 Å². The Balaban J connectivity index is 1.74. The smallest absolute Gasteiger partial charge is 0.254 e. The summed E-state index contributed by atoms with van der Waals surface area (Å²) in [6, 6.07) is 10.4. The SMILES string of the molecule is CSc1ccccc1NC(=O)CN(C)C(=O)c1ccc(F)c(S(=O)(=O)N2CCOCC2)c1. The highest BCUT2D eigenvalue weighted by Gasteiger charge is 2.30. The second-order valence-electron chi connectivity index (χ2n) is 7.07. The summed E-state index contributed by atoms with van der Waals surface area (Å²) in [5.74, 6) is -1.95. The molecule has 0 aliphatic carbocycles. The molecule has 1 N–H and O–H groups in total. The number of nitrogens with one attached hydrogen (secondary N) is 1. The lowest BCUT2D eigenvalue weighted by Gasteiger charge is -2.26. The van der Waals surface area contributed by atoms with Crippen molar-refractivity contribution in [3.8, 4) is 0 Å². The number of carbonyl (C=O) groups is 2. The van der Waals surface area contributed by atoms with Crippen LogP contribution in [0.4, 0.5) is 10.1 Å². The number of hydrogen-bond acceptors (Lipinski definition) is 6. The number of para-hydroxylation sites is 1. The van der Waals surface area contributed by atoms with E-state index in [1.165, 1.54) is 24.9 Å². The first-order chi connectivity index (χ1) is 15.2. The molecule has 0 saturated carbocycles. The van der Waals surface area contributed by atoms with Crippen LogP contribution in [-0.4, -0.2) is 75.6 Å². The van der Waals surface area contributed by atoms with Crippen LogP contribution in [0.3, 0.4) is 0 Å². The highest BCUT2D eigenvalue weighted by Crippen LogP contribution is 2.25. The number of benzene rings is 2. The Morgan fingerprint density at radius 3 is 2.56 bits per heavy atom. The number of hydrogen-bond donors (Lipinski definition) is 1. The van der Waals surface area contributed by atoms with Crippen molar-refractivity contribution < 1.29 is 27.1 Å². The fourth-order valence-corrected chi connectivity index (χ4v) is 5.26. The molecule has 0 atom stereocenters. The Hall–Kier alpha value is -2.47. The second-order valence-corrected chi connectivity index (χ2v) is 9.83. The van der Waals surface area contributed by atoms with Gasteiger partial charge in [0.1, 0.15) is 10.7 Å². The Labute approximate surface area is 190 Å². The Morgan fingerprint density at radius 1 is 1.19 bits per heavy atom. The monoisotopic (exact) mass is 481 g/mol. The fraction of sp³-hybridized carbons (Fsp3) is 0.333. The molecule has 1 aliphatic rings. The van der Waals surface area contributed by atoms with Crippen molar-refractivity contribution in [1.29, 1.82) is 0 Å². The lowest BCUT2D eigenvalue weighted by atomic mass is 10.2. The quantitative estimate of drug-likeness (QED) is 0.610. The summed E-state index contributed by atoms with van der Waals surface area (Å²) in [6.07, 6.45) is 1.89. The Bertz CT molecular complexity index is 1100. The van der Waals surface area contributed by atoms with E-state index in [0.29, 0.717) is 5.69 Å². The van der Waals surface area contributed by atoms with Crippen LogP contribution in [0.5, 0.6) is 0 Å². The van der Waals surface area contributed by atoms with E-state index >= 15 is 0 Å². The van der Waals surface area contributed by atoms with Crippen LogP contribution < -0.4 is 5.32 Å². The van der Waals surface area contributed by atoms with E-state index in [1.807, 2.05) is 18.4 Å². The molecule has 0 unspecified atom stereocenters. The molecule has 2 aromatic rings. The van der Waals surface area contributed by atoms with Crippen molar-refractivity contribution in [2.24, 2.45) is 0 Å². The van der Waals surface area contributed by atoms with E-state index in [4.69, 9.17) is 4.74 Å². The van der Waals surface area contributed by atoms with Crippen molar-refractivity contribution in [2.75, 3.05) is 51.5 Å². The van der Waals surface area contributed by atoms with Crippen LogP contribution in [0.25, 0.3) is 0 Å². The molecule has 1 fully saturated rings. The van der Waals surface area contributed by atoms with E-state index in [-0.39, 0.29) is 38.4 Å². The minimum Gasteiger partial charge on any atom is -0.379 e. The zero-order valence-electron chi connectivity index (χ0n) is 17.7. The maximum absolute atomic E-state index is 14.4. The van der Waals surface area contributed by atoms with Crippen molar-refractivity contribution >= 4 is 39.3 Å². The number of nitrogens with zero attached hydrogens (tertiary/aromatic N) is 2. The molecule has 32 heavy (non-hydrogen) atoms. The lowest BCUT2D eigenvalue weighted by molar-refractivity contribution is -0.116. The predicted molar refractivity (Wildman–Crippen MR) is 120 cm³/mol. The number of ether oxygens (including phenoxy) is 1. The van der Waals surface area contributed by atoms with E-state index in [9.17, 15) is 22.4 Å². The number of amides is 2. The third-order valence-electron chi connectivity index (χ3n) is 4.87. The van der Waals surface area contributed by atoms with Crippen LogP contribution in [0.15, 0.2) is 52.3 Å². The minimum atomic E-state index is -4.12. The maximum atomic E-state index is 14.4. The molecule has 2 aromatic carbocycles. The van der Waals surface area contributed by atoms with Gasteiger partial charge in [0.05, 0.1) is 25.4 Å². The average Bonchev–Trinajstić information content (AvgIpc) is 2.79. The summed E-state index contributed by atoms with van der Waals surface area (Å²) in [4.78, 5) is 26.7. The average molecular weight is 482 g/mol. The molecule has 1 saturated heterocycles. The van der Waals surface area contributed by atoms with E-state index < -0.39 is 32.6 Å². The molecule has 1 heterocycles. The molecule has 0 aromatic heterocycles. The molecule has 3 rings (SSSR count). The van der Waals surface area contributed by atoms with Crippen LogP contribution in [-0.2, 0) is 19.6 Å². The van der Waals surface area contributed by atoms with Crippen molar-refractivity contribution in [3.63, 3.8) is 0 Å². The molecule has 0 radical (unpaired) electrons. The first kappa shape index (κ1) is 24.2. The zero-order chi connectivity index (χ0) is 23.3. The first-order valence-electron chi connectivity index (χ1n) is 9.80. The zero-order valence-corrected chi connectivity index (χ0v) is 19.3. The summed E-state index contributed by atoms with van der Waals surface area (Å²) >= 11 is 1.48. The van der Waals surface area contributed by atoms with Gasteiger partial charge in [-0.2, -0.15) is 4.31 Å². The van der Waals surface area contributed by atoms with Gasteiger partial charge in [-0.1, -0.05) is 12.1 Å². The maximum Gasteiger partial charge on any atom is 0.254 e. The number of rotatable bonds is 7. The van der Waals surface area contributed by atoms with Gasteiger partial charge in [-0.3, -0.25) is 9.59 Å². The van der Waals surface area contributed by atoms with Crippen molar-refractivity contribution in [1.82, 2.24) is 9.21 Å². The molecule has 2 amide bonds. The molecule has 8 nitrogen and oxygen atoms in total. The van der Waals surface area contributed by atoms with Crippen LogP contribution in [0.1, 0.15) is 10.4 Å². The van der Waals surface area contributed by atoms with Gasteiger partial charge in [0.25, 0.3) is 5.91 Å². The second kappa shape index (κ2) is 10.4. The third-order valence-corrected chi connectivity index (χ3v) is 7.58. The van der Waals surface area contributed by atoms with E-state index in [0.717, 1.165) is 26.2 Å². The highest BCUT2D eigenvalue weighted by atomic mass is 32.2. The first-order valence-corrected chi connectivity index (χ1v) is 12.5. The van der Waals surface area contributed by atoms with Crippen LogP contribution >= 0.6 is 11.8 Å². The lowest BCUT2D eigenvalue weighted by Crippen LogP contribution is -2.41. The molecule has 172 valence electrons. The molecule has 0 bridgehead atoms. The van der Waals surface area contributed by atoms with Gasteiger partial charge in [0.15, 0.2) is 0 Å². The van der Waals surface area contributed by atoms with Crippen molar-refractivity contribution in [2.45, 2.75) is 9.79 Å². The standard InChI is InChI=1S/C21H24FN3O5S2/c1-24(14-20(26)23-17-5-3-4-6-18(17)31-2)21(27)15-7-8-16(22)19(13-15)32(28,29)25-9-11-30-12-10-25/h3-8,13H,9-12,14H2,1-2H3,(H,23,26).